The number of nitrogens with one attached hydrogen (secondary N) is 1. The summed E-state index contributed by atoms with van der Waals surface area (Å²) in [5.41, 5.74) is 1.72. The maximum Gasteiger partial charge on any atom is 0.269 e. The Morgan fingerprint density at radius 1 is 1.18 bits per heavy atom. The molecule has 22 heavy (non-hydrogen) atoms. The molecular weight excluding hydrogens is 278 g/mol. The average Bonchev–Trinajstić information content (AvgIpc) is 2.55. The van der Waals surface area contributed by atoms with E-state index in [4.69, 9.17) is 0 Å². The molecule has 1 aromatic rings. The van der Waals surface area contributed by atoms with Crippen molar-refractivity contribution in [2.24, 2.45) is 0 Å². The van der Waals surface area contributed by atoms with Crippen LogP contribution in [0.1, 0.15) is 37.7 Å². The van der Waals surface area contributed by atoms with E-state index in [-0.39, 0.29) is 10.6 Å². The van der Waals surface area contributed by atoms with Gasteiger partial charge in [0.25, 0.3) is 5.69 Å². The molecule has 1 saturated carbocycles. The Bertz CT molecular complexity index is 501. The van der Waals surface area contributed by atoms with Crippen molar-refractivity contribution in [2.75, 3.05) is 26.2 Å². The van der Waals surface area contributed by atoms with Gasteiger partial charge in [-0.2, -0.15) is 0 Å². The first-order valence-electron chi connectivity index (χ1n) is 8.39. The Morgan fingerprint density at radius 3 is 2.59 bits per heavy atom. The number of hydrogen-bond acceptors (Lipinski definition) is 4. The van der Waals surface area contributed by atoms with E-state index < -0.39 is 0 Å². The summed E-state index contributed by atoms with van der Waals surface area (Å²) in [5, 5.41) is 14.3. The molecule has 0 unspecified atom stereocenters. The van der Waals surface area contributed by atoms with E-state index in [1.807, 2.05) is 12.1 Å². The van der Waals surface area contributed by atoms with Crippen molar-refractivity contribution in [3.63, 3.8) is 0 Å². The number of rotatable bonds is 4. The molecule has 1 saturated heterocycles. The van der Waals surface area contributed by atoms with Crippen LogP contribution in [0.15, 0.2) is 24.3 Å². The molecule has 0 bridgehead atoms. The summed E-state index contributed by atoms with van der Waals surface area (Å²) in [7, 11) is 0. The minimum atomic E-state index is -0.336. The molecule has 0 radical (unpaired) electrons. The lowest BCUT2D eigenvalue weighted by atomic mass is 9.79. The van der Waals surface area contributed by atoms with Gasteiger partial charge in [-0.25, -0.2) is 0 Å². The van der Waals surface area contributed by atoms with Crippen molar-refractivity contribution >= 4 is 5.69 Å². The second-order valence-electron chi connectivity index (χ2n) is 6.62. The largest absolute Gasteiger partial charge is 0.314 e. The molecule has 1 aliphatic carbocycles. The Balaban J connectivity index is 1.62. The van der Waals surface area contributed by atoms with Crippen molar-refractivity contribution in [3.05, 3.63) is 39.9 Å². The first kappa shape index (κ1) is 15.4. The highest BCUT2D eigenvalue weighted by molar-refractivity contribution is 5.33. The molecule has 2 aliphatic rings. The third-order valence-electron chi connectivity index (χ3n) is 5.29. The van der Waals surface area contributed by atoms with Gasteiger partial charge in [0.1, 0.15) is 0 Å². The molecule has 1 aromatic carbocycles. The summed E-state index contributed by atoms with van der Waals surface area (Å²) < 4.78 is 0. The molecule has 0 aromatic heterocycles. The number of piperazine rings is 1. The molecule has 120 valence electrons. The average molecular weight is 303 g/mol. The van der Waals surface area contributed by atoms with Crippen LogP contribution in [0.2, 0.25) is 0 Å². The predicted octanol–water partition coefficient (Wildman–Crippen LogP) is 2.75. The fraction of sp³-hybridized carbons (Fsp3) is 0.647. The van der Waals surface area contributed by atoms with Crippen LogP contribution in [-0.4, -0.2) is 41.5 Å². The zero-order valence-corrected chi connectivity index (χ0v) is 13.1. The minimum absolute atomic E-state index is 0.176. The van der Waals surface area contributed by atoms with Gasteiger partial charge >= 0.3 is 0 Å². The molecule has 2 fully saturated rings. The first-order chi connectivity index (χ1) is 10.7. The number of nitro groups is 1. The molecule has 1 heterocycles. The Morgan fingerprint density at radius 2 is 1.91 bits per heavy atom. The lowest BCUT2D eigenvalue weighted by molar-refractivity contribution is -0.384. The van der Waals surface area contributed by atoms with Gasteiger partial charge in [0.2, 0.25) is 0 Å². The van der Waals surface area contributed by atoms with E-state index in [0.717, 1.165) is 32.6 Å². The SMILES string of the molecule is O=[N+]([O-])c1ccc(CCN2CCNCC23CCCCC3)cc1. The van der Waals surface area contributed by atoms with Gasteiger partial charge < -0.3 is 5.32 Å². The molecule has 5 nitrogen and oxygen atoms in total. The van der Waals surface area contributed by atoms with E-state index in [0.29, 0.717) is 5.54 Å². The smallest absolute Gasteiger partial charge is 0.269 e. The minimum Gasteiger partial charge on any atom is -0.314 e. The van der Waals surface area contributed by atoms with E-state index in [1.54, 1.807) is 12.1 Å². The van der Waals surface area contributed by atoms with Gasteiger partial charge in [0.05, 0.1) is 4.92 Å². The van der Waals surface area contributed by atoms with Gasteiger partial charge in [-0.15, -0.1) is 0 Å². The summed E-state index contributed by atoms with van der Waals surface area (Å²) in [6, 6.07) is 7.02. The number of non-ortho nitro benzene ring substituents is 1. The van der Waals surface area contributed by atoms with Crippen LogP contribution in [0, 0.1) is 10.1 Å². The van der Waals surface area contributed by atoms with E-state index >= 15 is 0 Å². The van der Waals surface area contributed by atoms with Crippen LogP contribution in [0.25, 0.3) is 0 Å². The molecule has 1 aliphatic heterocycles. The fourth-order valence-corrected chi connectivity index (χ4v) is 3.98. The van der Waals surface area contributed by atoms with Crippen molar-refractivity contribution in [3.8, 4) is 0 Å². The summed E-state index contributed by atoms with van der Waals surface area (Å²) >= 11 is 0. The summed E-state index contributed by atoms with van der Waals surface area (Å²) in [6.07, 6.45) is 7.64. The Hall–Kier alpha value is -1.46. The summed E-state index contributed by atoms with van der Waals surface area (Å²) in [6.45, 7) is 4.36. The lowest BCUT2D eigenvalue weighted by Gasteiger charge is -2.50. The second-order valence-corrected chi connectivity index (χ2v) is 6.62. The lowest BCUT2D eigenvalue weighted by Crippen LogP contribution is -2.62. The molecular formula is C17H25N3O2. The molecule has 0 amide bonds. The topological polar surface area (TPSA) is 58.4 Å². The van der Waals surface area contributed by atoms with E-state index in [9.17, 15) is 10.1 Å². The highest BCUT2D eigenvalue weighted by atomic mass is 16.6. The first-order valence-corrected chi connectivity index (χ1v) is 8.39. The normalized spacial score (nSPS) is 21.8. The van der Waals surface area contributed by atoms with Crippen molar-refractivity contribution in [2.45, 2.75) is 44.1 Å². The fourth-order valence-electron chi connectivity index (χ4n) is 3.98. The number of hydrogen-bond donors (Lipinski definition) is 1. The van der Waals surface area contributed by atoms with Crippen LogP contribution >= 0.6 is 0 Å². The van der Waals surface area contributed by atoms with Crippen LogP contribution in [0.3, 0.4) is 0 Å². The van der Waals surface area contributed by atoms with Crippen LogP contribution < -0.4 is 5.32 Å². The third kappa shape index (κ3) is 3.31. The monoisotopic (exact) mass is 303 g/mol. The Labute approximate surface area is 131 Å². The third-order valence-corrected chi connectivity index (χ3v) is 5.29. The van der Waals surface area contributed by atoms with Crippen LogP contribution in [0.5, 0.6) is 0 Å². The zero-order valence-electron chi connectivity index (χ0n) is 13.1. The zero-order chi connectivity index (χ0) is 15.4. The molecule has 1 N–H and O–H groups in total. The quantitative estimate of drug-likeness (QED) is 0.686. The predicted molar refractivity (Wildman–Crippen MR) is 87.1 cm³/mol. The van der Waals surface area contributed by atoms with Gasteiger partial charge in [-0.05, 0) is 24.8 Å². The second kappa shape index (κ2) is 6.75. The van der Waals surface area contributed by atoms with Crippen molar-refractivity contribution in [1.29, 1.82) is 0 Å². The van der Waals surface area contributed by atoms with Crippen LogP contribution in [-0.2, 0) is 6.42 Å². The number of nitrogens with zero attached hydrogens (tertiary/aromatic N) is 2. The summed E-state index contributed by atoms with van der Waals surface area (Å²) in [5.74, 6) is 0. The van der Waals surface area contributed by atoms with E-state index in [1.165, 1.54) is 37.7 Å². The van der Waals surface area contributed by atoms with Crippen LogP contribution in [0.4, 0.5) is 5.69 Å². The Kier molecular flexibility index (Phi) is 4.74. The summed E-state index contributed by atoms with van der Waals surface area (Å²) in [4.78, 5) is 13.0. The standard InChI is InChI=1S/C17H25N3O2/c21-20(22)16-6-4-15(5-7-16)8-12-19-13-11-18-14-17(19)9-2-1-3-10-17/h4-7,18H,1-3,8-14H2. The van der Waals surface area contributed by atoms with Crippen molar-refractivity contribution in [1.82, 2.24) is 10.2 Å². The molecule has 0 atom stereocenters. The molecule has 3 rings (SSSR count). The number of nitro benzene ring substituents is 1. The molecule has 5 heteroatoms. The van der Waals surface area contributed by atoms with Gasteiger partial charge in [0.15, 0.2) is 0 Å². The van der Waals surface area contributed by atoms with E-state index in [2.05, 4.69) is 10.2 Å². The van der Waals surface area contributed by atoms with Gasteiger partial charge in [0, 0.05) is 43.9 Å². The maximum absolute atomic E-state index is 10.7. The maximum atomic E-state index is 10.7. The van der Waals surface area contributed by atoms with Gasteiger partial charge in [-0.3, -0.25) is 15.0 Å². The van der Waals surface area contributed by atoms with Gasteiger partial charge in [-0.1, -0.05) is 31.4 Å². The molecule has 1 spiro atoms. The van der Waals surface area contributed by atoms with Crippen molar-refractivity contribution < 1.29 is 4.92 Å². The highest BCUT2D eigenvalue weighted by Gasteiger charge is 2.39. The number of benzene rings is 1. The highest BCUT2D eigenvalue weighted by Crippen LogP contribution is 2.34.